The van der Waals surface area contributed by atoms with Crippen molar-refractivity contribution in [2.45, 2.75) is 51.7 Å². The van der Waals surface area contributed by atoms with Crippen molar-refractivity contribution in [3.8, 4) is 0 Å². The van der Waals surface area contributed by atoms with Crippen LogP contribution in [0, 0.1) is 6.92 Å². The zero-order valence-corrected chi connectivity index (χ0v) is 13.0. The minimum Gasteiger partial charge on any atom is -0.460 e. The lowest BCUT2D eigenvalue weighted by Gasteiger charge is -2.24. The Kier molecular flexibility index (Phi) is 3.95. The molecule has 8 nitrogen and oxygen atoms in total. The van der Waals surface area contributed by atoms with Gasteiger partial charge in [0.25, 0.3) is 5.91 Å². The van der Waals surface area contributed by atoms with Gasteiger partial charge in [0.15, 0.2) is 11.4 Å². The van der Waals surface area contributed by atoms with E-state index in [0.717, 1.165) is 0 Å². The summed E-state index contributed by atoms with van der Waals surface area (Å²) in [5, 5.41) is 4.70. The molecule has 1 aliphatic rings. The molecule has 0 bridgehead atoms. The number of aryl methyl sites for hydroxylation is 1. The summed E-state index contributed by atoms with van der Waals surface area (Å²) in [6.07, 6.45) is 1.29. The van der Waals surface area contributed by atoms with E-state index in [-0.39, 0.29) is 18.5 Å². The first-order valence-electron chi connectivity index (χ1n) is 6.90. The lowest BCUT2D eigenvalue weighted by molar-refractivity contribution is -0.155. The first-order chi connectivity index (χ1) is 10.1. The molecule has 0 spiro atoms. The molecule has 0 aliphatic carbocycles. The molecule has 1 saturated heterocycles. The number of nitrogens with zero attached hydrogens (tertiary/aromatic N) is 1. The normalized spacial score (nSPS) is 21.5. The molecule has 2 N–H and O–H groups in total. The first-order valence-corrected chi connectivity index (χ1v) is 6.90. The number of hydrogen-bond donors (Lipinski definition) is 2. The summed E-state index contributed by atoms with van der Waals surface area (Å²) in [6, 6.07) is -0.630. The molecule has 22 heavy (non-hydrogen) atoms. The number of esters is 1. The van der Waals surface area contributed by atoms with Crippen molar-refractivity contribution in [3.05, 3.63) is 17.8 Å². The van der Waals surface area contributed by atoms with E-state index in [1.54, 1.807) is 27.7 Å². The Morgan fingerprint density at radius 2 is 2.09 bits per heavy atom. The second kappa shape index (κ2) is 5.43. The van der Waals surface area contributed by atoms with Crippen molar-refractivity contribution in [2.24, 2.45) is 0 Å². The monoisotopic (exact) mass is 309 g/mol. The SMILES string of the molecule is Cc1nc(C2(CCC(=O)OC(C)(C)C)NC(=O)NC2=O)co1. The maximum Gasteiger partial charge on any atom is 0.322 e. The van der Waals surface area contributed by atoms with Crippen LogP contribution in [0.1, 0.15) is 45.2 Å². The van der Waals surface area contributed by atoms with Gasteiger partial charge in [-0.1, -0.05) is 0 Å². The van der Waals surface area contributed by atoms with Gasteiger partial charge in [0.1, 0.15) is 17.6 Å². The van der Waals surface area contributed by atoms with Crippen molar-refractivity contribution >= 4 is 17.9 Å². The Morgan fingerprint density at radius 3 is 2.55 bits per heavy atom. The number of rotatable bonds is 4. The molecule has 3 amide bonds. The Hall–Kier alpha value is -2.38. The molecule has 0 radical (unpaired) electrons. The summed E-state index contributed by atoms with van der Waals surface area (Å²) in [4.78, 5) is 39.7. The average Bonchev–Trinajstić information content (AvgIpc) is 2.90. The van der Waals surface area contributed by atoms with Crippen LogP contribution in [-0.4, -0.2) is 28.5 Å². The zero-order valence-electron chi connectivity index (χ0n) is 13.0. The third kappa shape index (κ3) is 3.26. The van der Waals surface area contributed by atoms with Crippen LogP contribution in [0.4, 0.5) is 4.79 Å². The highest BCUT2D eigenvalue weighted by Gasteiger charge is 2.50. The number of urea groups is 1. The fourth-order valence-corrected chi connectivity index (χ4v) is 2.22. The van der Waals surface area contributed by atoms with Gasteiger partial charge in [0, 0.05) is 13.3 Å². The predicted molar refractivity (Wildman–Crippen MR) is 74.7 cm³/mol. The van der Waals surface area contributed by atoms with Crippen molar-refractivity contribution in [3.63, 3.8) is 0 Å². The number of carbonyl (C=O) groups excluding carboxylic acids is 3. The largest absolute Gasteiger partial charge is 0.460 e. The molecule has 0 saturated carbocycles. The number of amides is 3. The van der Waals surface area contributed by atoms with Crippen LogP contribution in [0.3, 0.4) is 0 Å². The van der Waals surface area contributed by atoms with Gasteiger partial charge in [-0.2, -0.15) is 0 Å². The third-order valence-corrected chi connectivity index (χ3v) is 3.12. The molecule has 120 valence electrons. The van der Waals surface area contributed by atoms with Crippen LogP contribution < -0.4 is 10.6 Å². The molecule has 2 rings (SSSR count). The van der Waals surface area contributed by atoms with Crippen LogP contribution in [0.5, 0.6) is 0 Å². The van der Waals surface area contributed by atoms with Gasteiger partial charge in [-0.25, -0.2) is 9.78 Å². The molecule has 8 heteroatoms. The van der Waals surface area contributed by atoms with Gasteiger partial charge in [-0.15, -0.1) is 0 Å². The second-order valence-corrected chi connectivity index (χ2v) is 6.15. The number of oxazole rings is 1. The molecule has 1 atom stereocenters. The Morgan fingerprint density at radius 1 is 1.41 bits per heavy atom. The number of imide groups is 1. The van der Waals surface area contributed by atoms with Crippen LogP contribution in [0.15, 0.2) is 10.7 Å². The molecule has 1 fully saturated rings. The van der Waals surface area contributed by atoms with E-state index in [4.69, 9.17) is 9.15 Å². The first kappa shape index (κ1) is 16.0. The summed E-state index contributed by atoms with van der Waals surface area (Å²) >= 11 is 0. The van der Waals surface area contributed by atoms with Crippen LogP contribution in [0.25, 0.3) is 0 Å². The lowest BCUT2D eigenvalue weighted by atomic mass is 9.90. The molecule has 0 aromatic carbocycles. The Bertz CT molecular complexity index is 616. The fraction of sp³-hybridized carbons (Fsp3) is 0.571. The molecule has 2 heterocycles. The number of hydrogen-bond acceptors (Lipinski definition) is 6. The highest BCUT2D eigenvalue weighted by atomic mass is 16.6. The molecule has 1 aromatic rings. The number of aromatic nitrogens is 1. The molecular weight excluding hydrogens is 290 g/mol. The quantitative estimate of drug-likeness (QED) is 0.637. The summed E-state index contributed by atoms with van der Waals surface area (Å²) < 4.78 is 10.3. The van der Waals surface area contributed by atoms with E-state index in [1.165, 1.54) is 6.26 Å². The average molecular weight is 309 g/mol. The maximum atomic E-state index is 12.2. The van der Waals surface area contributed by atoms with E-state index in [2.05, 4.69) is 15.6 Å². The van der Waals surface area contributed by atoms with Gasteiger partial charge >= 0.3 is 12.0 Å². The highest BCUT2D eigenvalue weighted by Crippen LogP contribution is 2.30. The highest BCUT2D eigenvalue weighted by molar-refractivity contribution is 6.07. The summed E-state index contributed by atoms with van der Waals surface area (Å²) in [5.74, 6) is -0.656. The topological polar surface area (TPSA) is 111 Å². The molecule has 1 unspecified atom stereocenters. The minimum atomic E-state index is -1.41. The van der Waals surface area contributed by atoms with E-state index in [9.17, 15) is 14.4 Å². The second-order valence-electron chi connectivity index (χ2n) is 6.15. The van der Waals surface area contributed by atoms with E-state index >= 15 is 0 Å². The number of ether oxygens (including phenoxy) is 1. The van der Waals surface area contributed by atoms with Crippen molar-refractivity contribution in [1.82, 2.24) is 15.6 Å². The molecule has 1 aromatic heterocycles. The minimum absolute atomic E-state index is 0.0332. The third-order valence-electron chi connectivity index (χ3n) is 3.12. The van der Waals surface area contributed by atoms with E-state index < -0.39 is 29.0 Å². The van der Waals surface area contributed by atoms with Crippen LogP contribution >= 0.6 is 0 Å². The van der Waals surface area contributed by atoms with Gasteiger partial charge < -0.3 is 14.5 Å². The van der Waals surface area contributed by atoms with Crippen molar-refractivity contribution < 1.29 is 23.5 Å². The van der Waals surface area contributed by atoms with E-state index in [0.29, 0.717) is 5.89 Å². The van der Waals surface area contributed by atoms with Crippen molar-refractivity contribution in [2.75, 3.05) is 0 Å². The van der Waals surface area contributed by atoms with Crippen molar-refractivity contribution in [1.29, 1.82) is 0 Å². The van der Waals surface area contributed by atoms with Gasteiger partial charge in [0.05, 0.1) is 0 Å². The fourth-order valence-electron chi connectivity index (χ4n) is 2.22. The smallest absolute Gasteiger partial charge is 0.322 e. The maximum absolute atomic E-state index is 12.2. The van der Waals surface area contributed by atoms with Crippen LogP contribution in [0.2, 0.25) is 0 Å². The summed E-state index contributed by atoms with van der Waals surface area (Å²) in [7, 11) is 0. The van der Waals surface area contributed by atoms with Gasteiger partial charge in [-0.3, -0.25) is 14.9 Å². The molecule has 1 aliphatic heterocycles. The Balaban J connectivity index is 2.19. The van der Waals surface area contributed by atoms with Gasteiger partial charge in [0.2, 0.25) is 0 Å². The van der Waals surface area contributed by atoms with Crippen LogP contribution in [-0.2, 0) is 19.9 Å². The Labute approximate surface area is 127 Å². The van der Waals surface area contributed by atoms with Gasteiger partial charge in [-0.05, 0) is 27.2 Å². The molecular formula is C14H19N3O5. The lowest BCUT2D eigenvalue weighted by Crippen LogP contribution is -2.44. The van der Waals surface area contributed by atoms with E-state index in [1.807, 2.05) is 0 Å². The number of nitrogens with one attached hydrogen (secondary N) is 2. The summed E-state index contributed by atoms with van der Waals surface area (Å²) in [6.45, 7) is 6.89. The summed E-state index contributed by atoms with van der Waals surface area (Å²) in [5.41, 5.74) is -1.77. The standard InChI is InChI=1S/C14H19N3O5/c1-8-15-9(7-21-8)14(11(19)16-12(20)17-14)6-5-10(18)22-13(2,3)4/h7H,5-6H2,1-4H3,(H2,16,17,19,20). The zero-order chi connectivity index (χ0) is 16.5. The number of carbonyl (C=O) groups is 3. The predicted octanol–water partition coefficient (Wildman–Crippen LogP) is 1.14.